The summed E-state index contributed by atoms with van der Waals surface area (Å²) in [5, 5.41) is 0. The molecule has 1 fully saturated rings. The van der Waals surface area contributed by atoms with Crippen molar-refractivity contribution in [3.63, 3.8) is 0 Å². The number of aromatic nitrogens is 1. The molecule has 0 radical (unpaired) electrons. The second kappa shape index (κ2) is 6.17. The molecular weight excluding hydrogens is 288 g/mol. The molecule has 0 spiro atoms. The van der Waals surface area contributed by atoms with Crippen LogP contribution in [0.4, 0.5) is 0 Å². The van der Waals surface area contributed by atoms with Crippen LogP contribution in [0.15, 0.2) is 9.00 Å². The van der Waals surface area contributed by atoms with E-state index < -0.39 is 10.0 Å². The molecule has 1 aromatic heterocycles. The highest BCUT2D eigenvalue weighted by Gasteiger charge is 2.20. The Morgan fingerprint density at radius 2 is 2.11 bits per heavy atom. The molecule has 1 aromatic rings. The van der Waals surface area contributed by atoms with Crippen LogP contribution in [0.2, 0.25) is 0 Å². The molecule has 1 aliphatic carbocycles. The van der Waals surface area contributed by atoms with Crippen molar-refractivity contribution in [1.82, 2.24) is 9.71 Å². The maximum atomic E-state index is 11.9. The summed E-state index contributed by atoms with van der Waals surface area (Å²) in [6.45, 7) is 2.16. The van der Waals surface area contributed by atoms with Crippen molar-refractivity contribution >= 4 is 21.4 Å². The zero-order valence-electron chi connectivity index (χ0n) is 10.8. The van der Waals surface area contributed by atoms with Crippen LogP contribution >= 0.6 is 11.3 Å². The second-order valence-electron chi connectivity index (χ2n) is 4.60. The van der Waals surface area contributed by atoms with E-state index in [1.807, 2.05) is 0 Å². The Morgan fingerprint density at radius 1 is 1.42 bits per heavy atom. The van der Waals surface area contributed by atoms with E-state index in [0.29, 0.717) is 23.6 Å². The molecule has 108 valence electrons. The van der Waals surface area contributed by atoms with E-state index in [-0.39, 0.29) is 21.7 Å². The summed E-state index contributed by atoms with van der Waals surface area (Å²) in [5.41, 5.74) is 0.374. The largest absolute Gasteiger partial charge is 0.377 e. The summed E-state index contributed by atoms with van der Waals surface area (Å²) in [6.07, 6.45) is 4.77. The highest BCUT2D eigenvalue weighted by molar-refractivity contribution is 7.91. The number of rotatable bonds is 6. The summed E-state index contributed by atoms with van der Waals surface area (Å²) in [7, 11) is -3.61. The van der Waals surface area contributed by atoms with Crippen molar-refractivity contribution in [3.8, 4) is 0 Å². The van der Waals surface area contributed by atoms with E-state index in [2.05, 4.69) is 9.71 Å². The lowest BCUT2D eigenvalue weighted by Crippen LogP contribution is -2.28. The fraction of sp³-hybridized carbons (Fsp3) is 0.727. The summed E-state index contributed by atoms with van der Waals surface area (Å²) in [4.78, 5) is 13.2. The van der Waals surface area contributed by atoms with Gasteiger partial charge >= 0.3 is 4.87 Å². The zero-order valence-corrected chi connectivity index (χ0v) is 12.4. The summed E-state index contributed by atoms with van der Waals surface area (Å²) < 4.78 is 32.0. The Balaban J connectivity index is 1.84. The molecule has 19 heavy (non-hydrogen) atoms. The van der Waals surface area contributed by atoms with E-state index in [1.165, 1.54) is 12.8 Å². The van der Waals surface area contributed by atoms with Gasteiger partial charge in [0, 0.05) is 12.2 Å². The third-order valence-corrected chi connectivity index (χ3v) is 6.14. The molecule has 8 heteroatoms. The first-order chi connectivity index (χ1) is 8.99. The number of aryl methyl sites for hydroxylation is 1. The summed E-state index contributed by atoms with van der Waals surface area (Å²) in [5.74, 6) is 0. The Morgan fingerprint density at radius 3 is 2.68 bits per heavy atom. The van der Waals surface area contributed by atoms with E-state index >= 15 is 0 Å². The van der Waals surface area contributed by atoms with E-state index in [9.17, 15) is 13.2 Å². The first kappa shape index (κ1) is 14.7. The molecule has 0 atom stereocenters. The molecule has 2 N–H and O–H groups in total. The number of sulfonamides is 1. The van der Waals surface area contributed by atoms with Crippen molar-refractivity contribution in [1.29, 1.82) is 0 Å². The van der Waals surface area contributed by atoms with Gasteiger partial charge in [-0.2, -0.15) is 0 Å². The third kappa shape index (κ3) is 3.88. The van der Waals surface area contributed by atoms with Crippen LogP contribution in [0.3, 0.4) is 0 Å². The van der Waals surface area contributed by atoms with Gasteiger partial charge in [0.1, 0.15) is 0 Å². The lowest BCUT2D eigenvalue weighted by atomic mass is 10.3. The smallest absolute Gasteiger partial charge is 0.305 e. The Labute approximate surface area is 116 Å². The van der Waals surface area contributed by atoms with Crippen LogP contribution in [0.5, 0.6) is 0 Å². The van der Waals surface area contributed by atoms with Crippen molar-refractivity contribution < 1.29 is 13.2 Å². The molecule has 0 amide bonds. The van der Waals surface area contributed by atoms with E-state index in [1.54, 1.807) is 6.92 Å². The van der Waals surface area contributed by atoms with Crippen molar-refractivity contribution in [2.45, 2.75) is 42.9 Å². The number of hydrogen-bond donors (Lipinski definition) is 2. The minimum Gasteiger partial charge on any atom is -0.377 e. The standard InChI is InChI=1S/C11H18N2O4S2/c1-8-10(18-11(14)13-8)19(15,16)12-6-7-17-9-4-2-3-5-9/h9,12H,2-7H2,1H3,(H,13,14). The van der Waals surface area contributed by atoms with Crippen LogP contribution in [-0.2, 0) is 14.8 Å². The molecule has 2 rings (SSSR count). The van der Waals surface area contributed by atoms with Gasteiger partial charge in [0.25, 0.3) is 10.0 Å². The molecule has 6 nitrogen and oxygen atoms in total. The average molecular weight is 306 g/mol. The lowest BCUT2D eigenvalue weighted by Gasteiger charge is -2.11. The van der Waals surface area contributed by atoms with Crippen LogP contribution < -0.4 is 9.60 Å². The van der Waals surface area contributed by atoms with Crippen LogP contribution in [0, 0.1) is 6.92 Å². The monoisotopic (exact) mass is 306 g/mol. The number of aromatic amines is 1. The highest BCUT2D eigenvalue weighted by Crippen LogP contribution is 2.20. The van der Waals surface area contributed by atoms with Gasteiger partial charge in [0.2, 0.25) is 0 Å². The molecule has 1 aliphatic rings. The third-order valence-electron chi connectivity index (χ3n) is 3.08. The van der Waals surface area contributed by atoms with Gasteiger partial charge < -0.3 is 9.72 Å². The minimum atomic E-state index is -3.61. The fourth-order valence-corrected chi connectivity index (χ4v) is 4.53. The Bertz CT molecular complexity index is 570. The van der Waals surface area contributed by atoms with Gasteiger partial charge in [-0.3, -0.25) is 4.79 Å². The predicted molar refractivity (Wildman–Crippen MR) is 73.1 cm³/mol. The van der Waals surface area contributed by atoms with Crippen molar-refractivity contribution in [3.05, 3.63) is 15.4 Å². The normalized spacial score (nSPS) is 17.1. The molecule has 0 unspecified atom stereocenters. The molecule has 0 saturated heterocycles. The number of thiazole rings is 1. The first-order valence-corrected chi connectivity index (χ1v) is 8.60. The van der Waals surface area contributed by atoms with Gasteiger partial charge in [-0.15, -0.1) is 0 Å². The molecule has 1 heterocycles. The van der Waals surface area contributed by atoms with Crippen LogP contribution in [0.25, 0.3) is 0 Å². The highest BCUT2D eigenvalue weighted by atomic mass is 32.2. The summed E-state index contributed by atoms with van der Waals surface area (Å²) in [6, 6.07) is 0. The molecule has 1 saturated carbocycles. The van der Waals surface area contributed by atoms with Crippen LogP contribution in [0.1, 0.15) is 31.4 Å². The van der Waals surface area contributed by atoms with Gasteiger partial charge in [-0.25, -0.2) is 13.1 Å². The van der Waals surface area contributed by atoms with Gasteiger partial charge in [-0.1, -0.05) is 24.2 Å². The fourth-order valence-electron chi connectivity index (χ4n) is 2.17. The maximum Gasteiger partial charge on any atom is 0.305 e. The molecule has 0 bridgehead atoms. The number of nitrogens with one attached hydrogen (secondary N) is 2. The van der Waals surface area contributed by atoms with Crippen molar-refractivity contribution in [2.75, 3.05) is 13.2 Å². The first-order valence-electron chi connectivity index (χ1n) is 6.30. The van der Waals surface area contributed by atoms with Gasteiger partial charge in [0.05, 0.1) is 12.7 Å². The quantitative estimate of drug-likeness (QED) is 0.767. The molecule has 0 aromatic carbocycles. The van der Waals surface area contributed by atoms with E-state index in [0.717, 1.165) is 12.8 Å². The molecular formula is C11H18N2O4S2. The zero-order chi connectivity index (χ0) is 13.9. The average Bonchev–Trinajstić information content (AvgIpc) is 2.94. The Kier molecular flexibility index (Phi) is 4.77. The SMILES string of the molecule is Cc1[nH]c(=O)sc1S(=O)(=O)NCCOC1CCCC1. The van der Waals surface area contributed by atoms with Gasteiger partial charge in [0.15, 0.2) is 4.21 Å². The predicted octanol–water partition coefficient (Wildman–Crippen LogP) is 0.982. The van der Waals surface area contributed by atoms with E-state index in [4.69, 9.17) is 4.74 Å². The number of hydrogen-bond acceptors (Lipinski definition) is 5. The van der Waals surface area contributed by atoms with Gasteiger partial charge in [-0.05, 0) is 19.8 Å². The molecule has 0 aliphatic heterocycles. The minimum absolute atomic E-state index is 0.0540. The second-order valence-corrected chi connectivity index (χ2v) is 7.55. The topological polar surface area (TPSA) is 88.3 Å². The summed E-state index contributed by atoms with van der Waals surface area (Å²) >= 11 is 0.702. The number of H-pyrrole nitrogens is 1. The Hall–Kier alpha value is -0.700. The number of ether oxygens (including phenoxy) is 1. The van der Waals surface area contributed by atoms with Crippen LogP contribution in [-0.4, -0.2) is 32.7 Å². The van der Waals surface area contributed by atoms with Crippen molar-refractivity contribution in [2.24, 2.45) is 0 Å². The lowest BCUT2D eigenvalue weighted by molar-refractivity contribution is 0.0626. The maximum absolute atomic E-state index is 11.9.